The molecule has 0 aromatic heterocycles. The highest BCUT2D eigenvalue weighted by Gasteiger charge is 2.48. The van der Waals surface area contributed by atoms with Crippen LogP contribution in [0.25, 0.3) is 0 Å². The molecule has 1 amide bonds. The lowest BCUT2D eigenvalue weighted by Gasteiger charge is -2.32. The van der Waals surface area contributed by atoms with Gasteiger partial charge in [0.1, 0.15) is 17.0 Å². The molecular weight excluding hydrogens is 565 g/mol. The highest BCUT2D eigenvalue weighted by molar-refractivity contribution is 8.18. The molecular formula is C26H27Cl2N5O3S2. The lowest BCUT2D eigenvalue weighted by molar-refractivity contribution is -0.126. The average molecular weight is 593 g/mol. The first kappa shape index (κ1) is 27.2. The number of hydrogen-bond donors (Lipinski definition) is 2. The number of rotatable bonds is 6. The molecule has 1 saturated heterocycles. The second kappa shape index (κ2) is 11.0. The van der Waals surface area contributed by atoms with Gasteiger partial charge in [0.15, 0.2) is 5.17 Å². The van der Waals surface area contributed by atoms with Crippen LogP contribution in [0.2, 0.25) is 10.0 Å². The highest BCUT2D eigenvalue weighted by atomic mass is 35.5. The van der Waals surface area contributed by atoms with E-state index in [0.29, 0.717) is 34.3 Å². The fourth-order valence-corrected chi connectivity index (χ4v) is 7.09. The first-order valence-electron chi connectivity index (χ1n) is 12.2. The molecule has 3 heterocycles. The smallest absolute Gasteiger partial charge is 0.286 e. The van der Waals surface area contributed by atoms with E-state index in [0.717, 1.165) is 22.0 Å². The van der Waals surface area contributed by atoms with Crippen LogP contribution in [-0.4, -0.2) is 43.6 Å². The number of hydrogen-bond acceptors (Lipinski definition) is 7. The van der Waals surface area contributed by atoms with Gasteiger partial charge in [-0.1, -0.05) is 61.3 Å². The zero-order valence-corrected chi connectivity index (χ0v) is 23.9. The monoisotopic (exact) mass is 591 g/mol. The molecule has 3 aliphatic heterocycles. The lowest BCUT2D eigenvalue weighted by Crippen LogP contribution is -2.42. The number of amides is 1. The van der Waals surface area contributed by atoms with E-state index in [1.165, 1.54) is 11.8 Å². The lowest BCUT2D eigenvalue weighted by atomic mass is 9.92. The Morgan fingerprint density at radius 2 is 1.74 bits per heavy atom. The van der Waals surface area contributed by atoms with Crippen LogP contribution in [0.1, 0.15) is 49.9 Å². The van der Waals surface area contributed by atoms with Gasteiger partial charge in [0.2, 0.25) is 5.90 Å². The summed E-state index contributed by atoms with van der Waals surface area (Å²) in [5, 5.41) is 15.5. The molecule has 3 aliphatic rings. The Morgan fingerprint density at radius 1 is 1.13 bits per heavy atom. The van der Waals surface area contributed by atoms with Gasteiger partial charge in [-0.3, -0.25) is 15.2 Å². The number of nitrogens with zero attached hydrogens (tertiary/aromatic N) is 3. The number of nitrogens with two attached hydrogens (primary N) is 1. The molecule has 200 valence electrons. The van der Waals surface area contributed by atoms with E-state index < -0.39 is 17.3 Å². The van der Waals surface area contributed by atoms with Gasteiger partial charge < -0.3 is 14.0 Å². The summed E-state index contributed by atoms with van der Waals surface area (Å²) in [6, 6.07) is 14.4. The number of nitrogens with one attached hydrogen (secondary N) is 1. The van der Waals surface area contributed by atoms with E-state index in [-0.39, 0.29) is 29.8 Å². The number of benzene rings is 2. The third-order valence-electron chi connectivity index (χ3n) is 6.87. The van der Waals surface area contributed by atoms with Crippen LogP contribution in [0, 0.1) is 11.3 Å². The van der Waals surface area contributed by atoms with E-state index in [2.05, 4.69) is 18.7 Å². The standard InChI is InChI=1S/C26H27Cl2N5O3S2/c1-14(2)21-23(25(34)32-13-3-4-19(32)24(29)36-38(30)35)37-26-31-20(15-5-9-17(27)10-6-15)22(33(21)26)16-7-11-18(28)12-8-16/h5-12,14,19-20,22,29H,3-4,13,30H2,1-2H3. The summed E-state index contributed by atoms with van der Waals surface area (Å²) in [5.74, 6) is -0.431. The molecule has 2 aromatic carbocycles. The van der Waals surface area contributed by atoms with Crippen molar-refractivity contribution in [3.8, 4) is 0 Å². The van der Waals surface area contributed by atoms with Crippen molar-refractivity contribution in [2.45, 2.75) is 44.8 Å². The molecule has 8 nitrogen and oxygen atoms in total. The van der Waals surface area contributed by atoms with Crippen LogP contribution >= 0.6 is 35.0 Å². The van der Waals surface area contributed by atoms with Crippen molar-refractivity contribution in [3.05, 3.63) is 80.3 Å². The minimum Gasteiger partial charge on any atom is -0.372 e. The molecule has 12 heteroatoms. The largest absolute Gasteiger partial charge is 0.372 e. The molecule has 38 heavy (non-hydrogen) atoms. The van der Waals surface area contributed by atoms with Gasteiger partial charge >= 0.3 is 0 Å². The van der Waals surface area contributed by atoms with Crippen molar-refractivity contribution < 1.29 is 13.2 Å². The number of allylic oxidation sites excluding steroid dienone is 1. The molecule has 4 unspecified atom stereocenters. The molecule has 4 atom stereocenters. The van der Waals surface area contributed by atoms with Crippen LogP contribution in [0.15, 0.2) is 64.1 Å². The number of thioether (sulfide) groups is 1. The van der Waals surface area contributed by atoms with Crippen molar-refractivity contribution in [2.75, 3.05) is 6.54 Å². The van der Waals surface area contributed by atoms with Crippen molar-refractivity contribution in [1.29, 1.82) is 5.41 Å². The Balaban J connectivity index is 1.55. The zero-order valence-electron chi connectivity index (χ0n) is 20.8. The van der Waals surface area contributed by atoms with Crippen molar-refractivity contribution >= 4 is 63.2 Å². The maximum atomic E-state index is 13.9. The van der Waals surface area contributed by atoms with E-state index >= 15 is 0 Å². The Morgan fingerprint density at radius 3 is 2.32 bits per heavy atom. The summed E-state index contributed by atoms with van der Waals surface area (Å²) in [5.41, 5.74) is 2.93. The van der Waals surface area contributed by atoms with E-state index in [4.69, 9.17) is 42.9 Å². The molecule has 0 saturated carbocycles. The number of carbonyl (C=O) groups excluding carboxylic acids is 1. The molecule has 1 fully saturated rings. The van der Waals surface area contributed by atoms with Gasteiger partial charge in [-0.15, -0.1) is 0 Å². The molecule has 5 rings (SSSR count). The van der Waals surface area contributed by atoms with Crippen molar-refractivity contribution in [1.82, 2.24) is 9.80 Å². The number of carbonyl (C=O) groups is 1. The van der Waals surface area contributed by atoms with Crippen molar-refractivity contribution in [2.24, 2.45) is 16.0 Å². The molecule has 0 bridgehead atoms. The number of halogens is 2. The van der Waals surface area contributed by atoms with Crippen LogP contribution in [0.4, 0.5) is 0 Å². The highest BCUT2D eigenvalue weighted by Crippen LogP contribution is 2.53. The van der Waals surface area contributed by atoms with E-state index in [1.54, 1.807) is 4.90 Å². The number of likely N-dealkylation sites (tertiary alicyclic amines) is 1. The van der Waals surface area contributed by atoms with Gasteiger partial charge in [-0.05, 0) is 65.9 Å². The van der Waals surface area contributed by atoms with Gasteiger partial charge in [-0.2, -0.15) is 4.21 Å². The maximum Gasteiger partial charge on any atom is 0.286 e. The molecule has 2 aromatic rings. The summed E-state index contributed by atoms with van der Waals surface area (Å²) in [6.07, 6.45) is 1.26. The summed E-state index contributed by atoms with van der Waals surface area (Å²) in [6.45, 7) is 4.60. The topological polar surface area (TPSA) is 112 Å². The van der Waals surface area contributed by atoms with Crippen LogP contribution in [-0.2, 0) is 20.2 Å². The summed E-state index contributed by atoms with van der Waals surface area (Å²) >= 11 is 11.6. The minimum atomic E-state index is -2.12. The second-order valence-electron chi connectivity index (χ2n) is 9.61. The predicted octanol–water partition coefficient (Wildman–Crippen LogP) is 5.58. The van der Waals surface area contributed by atoms with Crippen LogP contribution in [0.5, 0.6) is 0 Å². The van der Waals surface area contributed by atoms with E-state index in [1.807, 2.05) is 48.5 Å². The van der Waals surface area contributed by atoms with E-state index in [9.17, 15) is 9.00 Å². The fourth-order valence-electron chi connectivity index (χ4n) is 5.25. The Bertz CT molecular complexity index is 1350. The van der Waals surface area contributed by atoms with Gasteiger partial charge in [0.25, 0.3) is 17.2 Å². The second-order valence-corrected chi connectivity index (χ2v) is 12.1. The zero-order chi connectivity index (χ0) is 27.1. The summed E-state index contributed by atoms with van der Waals surface area (Å²) in [7, 11) is 0. The van der Waals surface area contributed by atoms with Gasteiger partial charge in [-0.25, -0.2) is 5.14 Å². The third kappa shape index (κ3) is 5.12. The molecule has 0 radical (unpaired) electrons. The SMILES string of the molecule is CC(C)C1=C(C(=O)N2CCCC2C(=N)OS(N)=O)SC2=NC(c3ccc(Cl)cc3)C(c3ccc(Cl)cc3)N21. The van der Waals surface area contributed by atoms with Crippen LogP contribution in [0.3, 0.4) is 0 Å². The molecule has 0 aliphatic carbocycles. The first-order chi connectivity index (χ1) is 18.2. The quantitative estimate of drug-likeness (QED) is 0.336. The normalized spacial score (nSPS) is 23.6. The number of fused-ring (bicyclic) bond motifs is 1. The predicted molar refractivity (Wildman–Crippen MR) is 153 cm³/mol. The summed E-state index contributed by atoms with van der Waals surface area (Å²) < 4.78 is 16.3. The average Bonchev–Trinajstić information content (AvgIpc) is 3.58. The minimum absolute atomic E-state index is 0.0150. The molecule has 0 spiro atoms. The van der Waals surface area contributed by atoms with Crippen LogP contribution < -0.4 is 5.14 Å². The fraction of sp³-hybridized carbons (Fsp3) is 0.346. The number of aliphatic imine (C=N–C) groups is 1. The van der Waals surface area contributed by atoms with Gasteiger partial charge in [0.05, 0.1) is 6.04 Å². The van der Waals surface area contributed by atoms with Crippen molar-refractivity contribution in [3.63, 3.8) is 0 Å². The Labute approximate surface area is 238 Å². The Kier molecular flexibility index (Phi) is 7.89. The van der Waals surface area contributed by atoms with Gasteiger partial charge in [0, 0.05) is 22.3 Å². The maximum absolute atomic E-state index is 13.9. The third-order valence-corrected chi connectivity index (χ3v) is 8.79. The molecule has 3 N–H and O–H groups in total. The Hall–Kier alpha value is -2.37. The summed E-state index contributed by atoms with van der Waals surface area (Å²) in [4.78, 5) is 23.4. The first-order valence-corrected chi connectivity index (χ1v) is 14.9. The number of amidine groups is 1.